The molecule has 2 nitrogen and oxygen atoms in total. The van der Waals surface area contributed by atoms with Crippen molar-refractivity contribution in [2.45, 2.75) is 18.2 Å². The first-order chi connectivity index (χ1) is 5.51. The van der Waals surface area contributed by atoms with Gasteiger partial charge in [-0.2, -0.15) is 0 Å². The number of carbonyl (C=O) groups excluding carboxylic acids is 1. The second kappa shape index (κ2) is 3.67. The van der Waals surface area contributed by atoms with E-state index in [9.17, 15) is 4.79 Å². The first kappa shape index (κ1) is 9.87. The van der Waals surface area contributed by atoms with Crippen LogP contribution in [0.5, 0.6) is 0 Å². The third kappa shape index (κ3) is 2.68. The Hall–Kier alpha value is -0.210. The Morgan fingerprint density at radius 2 is 2.25 bits per heavy atom. The normalized spacial score (nSPS) is 30.1. The average molecular weight is 208 g/mol. The standard InChI is InChI=1S/C8H11Cl2NO/c1-8(10)4-2-3-5-11(6-8)7(9)12/h2-3H,4-6H2,1H3. The molecule has 0 saturated heterocycles. The van der Waals surface area contributed by atoms with Crippen LogP contribution in [0.3, 0.4) is 0 Å². The van der Waals surface area contributed by atoms with Gasteiger partial charge >= 0.3 is 5.37 Å². The van der Waals surface area contributed by atoms with E-state index in [2.05, 4.69) is 0 Å². The summed E-state index contributed by atoms with van der Waals surface area (Å²) in [6, 6.07) is 0. The lowest BCUT2D eigenvalue weighted by Gasteiger charge is -2.25. The zero-order valence-electron chi connectivity index (χ0n) is 6.89. The molecule has 0 aromatic heterocycles. The summed E-state index contributed by atoms with van der Waals surface area (Å²) in [6.07, 6.45) is 4.66. The number of hydrogen-bond donors (Lipinski definition) is 0. The lowest BCUT2D eigenvalue weighted by molar-refractivity contribution is 0.223. The summed E-state index contributed by atoms with van der Waals surface area (Å²) < 4.78 is 0. The summed E-state index contributed by atoms with van der Waals surface area (Å²) >= 11 is 11.5. The van der Waals surface area contributed by atoms with Crippen molar-refractivity contribution >= 4 is 28.6 Å². The van der Waals surface area contributed by atoms with Crippen LogP contribution in [-0.2, 0) is 0 Å². The summed E-state index contributed by atoms with van der Waals surface area (Å²) in [6.45, 7) is 2.96. The van der Waals surface area contributed by atoms with Crippen LogP contribution in [-0.4, -0.2) is 28.2 Å². The maximum absolute atomic E-state index is 10.8. The highest BCUT2D eigenvalue weighted by Crippen LogP contribution is 2.24. The lowest BCUT2D eigenvalue weighted by atomic mass is 10.1. The summed E-state index contributed by atoms with van der Waals surface area (Å²) in [5.74, 6) is 0. The molecule has 1 aliphatic rings. The molecule has 0 aromatic rings. The Morgan fingerprint density at radius 1 is 1.58 bits per heavy atom. The highest BCUT2D eigenvalue weighted by Gasteiger charge is 2.26. The van der Waals surface area contributed by atoms with Crippen molar-refractivity contribution in [2.24, 2.45) is 0 Å². The predicted octanol–water partition coefficient (Wildman–Crippen LogP) is 2.60. The van der Waals surface area contributed by atoms with Gasteiger partial charge in [-0.25, -0.2) is 0 Å². The molecule has 0 fully saturated rings. The van der Waals surface area contributed by atoms with Crippen molar-refractivity contribution in [3.63, 3.8) is 0 Å². The number of nitrogens with zero attached hydrogens (tertiary/aromatic N) is 1. The lowest BCUT2D eigenvalue weighted by Crippen LogP contribution is -2.36. The molecule has 12 heavy (non-hydrogen) atoms. The fraction of sp³-hybridized carbons (Fsp3) is 0.625. The van der Waals surface area contributed by atoms with Crippen LogP contribution in [0.1, 0.15) is 13.3 Å². The van der Waals surface area contributed by atoms with E-state index >= 15 is 0 Å². The molecule has 0 bridgehead atoms. The first-order valence-corrected chi connectivity index (χ1v) is 4.55. The van der Waals surface area contributed by atoms with Gasteiger partial charge in [-0.1, -0.05) is 12.2 Å². The van der Waals surface area contributed by atoms with Crippen LogP contribution < -0.4 is 0 Å². The largest absolute Gasteiger partial charge is 0.324 e. The van der Waals surface area contributed by atoms with Gasteiger partial charge in [-0.3, -0.25) is 4.79 Å². The van der Waals surface area contributed by atoms with Crippen LogP contribution in [0.2, 0.25) is 0 Å². The average Bonchev–Trinajstić information content (AvgIpc) is 2.10. The van der Waals surface area contributed by atoms with Crippen LogP contribution in [0.4, 0.5) is 4.79 Å². The topological polar surface area (TPSA) is 20.3 Å². The van der Waals surface area contributed by atoms with E-state index in [1.807, 2.05) is 19.1 Å². The van der Waals surface area contributed by atoms with Gasteiger partial charge in [0.2, 0.25) is 0 Å². The molecular formula is C8H11Cl2NO. The van der Waals surface area contributed by atoms with Crippen LogP contribution in [0.15, 0.2) is 12.2 Å². The fourth-order valence-electron chi connectivity index (χ4n) is 1.19. The van der Waals surface area contributed by atoms with Crippen molar-refractivity contribution in [3.05, 3.63) is 12.2 Å². The molecule has 0 spiro atoms. The van der Waals surface area contributed by atoms with E-state index in [4.69, 9.17) is 23.2 Å². The molecule has 1 amide bonds. The van der Waals surface area contributed by atoms with Gasteiger partial charge in [-0.05, 0) is 24.9 Å². The summed E-state index contributed by atoms with van der Waals surface area (Å²) in [5.41, 5.74) is 0. The third-order valence-electron chi connectivity index (χ3n) is 1.81. The fourth-order valence-corrected chi connectivity index (χ4v) is 1.55. The van der Waals surface area contributed by atoms with Crippen molar-refractivity contribution in [1.82, 2.24) is 4.90 Å². The predicted molar refractivity (Wildman–Crippen MR) is 50.8 cm³/mol. The van der Waals surface area contributed by atoms with Gasteiger partial charge in [-0.15, -0.1) is 11.6 Å². The van der Waals surface area contributed by atoms with E-state index in [1.54, 1.807) is 0 Å². The molecule has 1 rings (SSSR count). The molecule has 0 aliphatic carbocycles. The van der Waals surface area contributed by atoms with Crippen molar-refractivity contribution in [2.75, 3.05) is 13.1 Å². The monoisotopic (exact) mass is 207 g/mol. The molecule has 0 radical (unpaired) electrons. The van der Waals surface area contributed by atoms with Crippen LogP contribution in [0, 0.1) is 0 Å². The summed E-state index contributed by atoms with van der Waals surface area (Å²) in [4.78, 5) is 12.0. The summed E-state index contributed by atoms with van der Waals surface area (Å²) in [5, 5.41) is -0.437. The molecule has 0 N–H and O–H groups in total. The molecule has 1 unspecified atom stereocenters. The highest BCUT2D eigenvalue weighted by atomic mass is 35.5. The molecule has 68 valence electrons. The molecule has 1 heterocycles. The third-order valence-corrected chi connectivity index (χ3v) is 2.32. The molecule has 1 atom stereocenters. The minimum absolute atomic E-state index is 0.377. The Bertz CT molecular complexity index is 213. The van der Waals surface area contributed by atoms with Gasteiger partial charge in [0.05, 0.1) is 4.87 Å². The minimum Gasteiger partial charge on any atom is -0.324 e. The van der Waals surface area contributed by atoms with Gasteiger partial charge in [0, 0.05) is 13.1 Å². The zero-order valence-corrected chi connectivity index (χ0v) is 8.40. The molecule has 1 aliphatic heterocycles. The van der Waals surface area contributed by atoms with Crippen LogP contribution >= 0.6 is 23.2 Å². The number of carbonyl (C=O) groups is 1. The van der Waals surface area contributed by atoms with Gasteiger partial charge in [0.1, 0.15) is 0 Å². The van der Waals surface area contributed by atoms with Crippen molar-refractivity contribution in [3.8, 4) is 0 Å². The number of hydrogen-bond acceptors (Lipinski definition) is 1. The molecular weight excluding hydrogens is 197 g/mol. The van der Waals surface area contributed by atoms with E-state index < -0.39 is 5.37 Å². The number of allylic oxidation sites excluding steroid dienone is 1. The molecule has 0 saturated carbocycles. The number of alkyl halides is 1. The first-order valence-electron chi connectivity index (χ1n) is 3.80. The highest BCUT2D eigenvalue weighted by molar-refractivity contribution is 6.62. The second-order valence-corrected chi connectivity index (χ2v) is 4.46. The van der Waals surface area contributed by atoms with E-state index in [0.717, 1.165) is 6.42 Å². The van der Waals surface area contributed by atoms with Crippen molar-refractivity contribution < 1.29 is 4.79 Å². The number of rotatable bonds is 0. The number of amides is 1. The second-order valence-electron chi connectivity index (χ2n) is 3.22. The van der Waals surface area contributed by atoms with E-state index in [0.29, 0.717) is 13.1 Å². The van der Waals surface area contributed by atoms with Crippen LogP contribution in [0.25, 0.3) is 0 Å². The van der Waals surface area contributed by atoms with Gasteiger partial charge in [0.15, 0.2) is 0 Å². The Balaban J connectivity index is 2.68. The van der Waals surface area contributed by atoms with Gasteiger partial charge in [0.25, 0.3) is 0 Å². The van der Waals surface area contributed by atoms with E-state index in [-0.39, 0.29) is 4.87 Å². The Kier molecular flexibility index (Phi) is 3.02. The minimum atomic E-state index is -0.437. The quantitative estimate of drug-likeness (QED) is 0.259. The maximum atomic E-state index is 10.8. The van der Waals surface area contributed by atoms with Gasteiger partial charge < -0.3 is 4.90 Å². The van der Waals surface area contributed by atoms with Crippen molar-refractivity contribution in [1.29, 1.82) is 0 Å². The Labute approximate surface area is 82.1 Å². The number of halogens is 2. The molecule has 4 heteroatoms. The Morgan fingerprint density at radius 3 is 2.83 bits per heavy atom. The maximum Gasteiger partial charge on any atom is 0.316 e. The van der Waals surface area contributed by atoms with E-state index in [1.165, 1.54) is 4.90 Å². The summed E-state index contributed by atoms with van der Waals surface area (Å²) in [7, 11) is 0. The smallest absolute Gasteiger partial charge is 0.316 e. The SMILES string of the molecule is CC1(Cl)CC=CCN(C(=O)Cl)C1. The molecule has 0 aromatic carbocycles. The zero-order chi connectivity index (χ0) is 9.19.